The number of aromatic nitrogens is 2. The Morgan fingerprint density at radius 2 is 1.65 bits per heavy atom. The van der Waals surface area contributed by atoms with Crippen LogP contribution in [-0.4, -0.2) is 30.0 Å². The zero-order valence-corrected chi connectivity index (χ0v) is 19.8. The summed E-state index contributed by atoms with van der Waals surface area (Å²) in [5, 5.41) is 3.58. The van der Waals surface area contributed by atoms with Crippen molar-refractivity contribution in [1.29, 1.82) is 0 Å². The summed E-state index contributed by atoms with van der Waals surface area (Å²) in [5.41, 5.74) is 4.09. The number of amides is 1. The van der Waals surface area contributed by atoms with E-state index in [-0.39, 0.29) is 23.1 Å². The van der Waals surface area contributed by atoms with Crippen LogP contribution in [0.3, 0.4) is 0 Å². The molecule has 174 valence electrons. The van der Waals surface area contributed by atoms with E-state index in [2.05, 4.69) is 15.3 Å². The molecular weight excluding hydrogens is 450 g/mol. The standard InChI is InChI=1S/C26H25N3O4S/c1-3-34(31,32)22-11-8-19(9-12-22)15-27-25(30)21-10-13-23-24(14-21)28-17-29-26(23)33-16-20-6-4-18(2)5-7-20/h4-14,17H,3,15-16H2,1-2H3,(H,27,30). The Morgan fingerprint density at radius 1 is 0.941 bits per heavy atom. The van der Waals surface area contributed by atoms with Gasteiger partial charge in [-0.3, -0.25) is 4.79 Å². The molecule has 0 aliphatic carbocycles. The third kappa shape index (κ3) is 5.40. The lowest BCUT2D eigenvalue weighted by Gasteiger charge is -2.10. The molecule has 3 aromatic carbocycles. The summed E-state index contributed by atoms with van der Waals surface area (Å²) >= 11 is 0. The average molecular weight is 476 g/mol. The molecule has 0 saturated heterocycles. The van der Waals surface area contributed by atoms with Crippen molar-refractivity contribution in [3.8, 4) is 5.88 Å². The molecule has 0 unspecified atom stereocenters. The van der Waals surface area contributed by atoms with Crippen LogP contribution < -0.4 is 10.1 Å². The average Bonchev–Trinajstić information content (AvgIpc) is 2.86. The molecular formula is C26H25N3O4S. The number of carbonyl (C=O) groups excluding carboxylic acids is 1. The largest absolute Gasteiger partial charge is 0.472 e. The van der Waals surface area contributed by atoms with E-state index in [4.69, 9.17) is 4.74 Å². The number of carbonyl (C=O) groups is 1. The van der Waals surface area contributed by atoms with Gasteiger partial charge >= 0.3 is 0 Å². The van der Waals surface area contributed by atoms with Gasteiger partial charge in [0.1, 0.15) is 12.9 Å². The second kappa shape index (κ2) is 10.0. The van der Waals surface area contributed by atoms with Crippen molar-refractivity contribution in [2.24, 2.45) is 0 Å². The molecule has 0 aliphatic heterocycles. The minimum atomic E-state index is -3.25. The predicted octanol–water partition coefficient (Wildman–Crippen LogP) is 4.24. The Hall–Kier alpha value is -3.78. The van der Waals surface area contributed by atoms with Crippen molar-refractivity contribution in [2.75, 3.05) is 5.75 Å². The minimum Gasteiger partial charge on any atom is -0.472 e. The van der Waals surface area contributed by atoms with Crippen molar-refractivity contribution in [1.82, 2.24) is 15.3 Å². The quantitative estimate of drug-likeness (QED) is 0.409. The van der Waals surface area contributed by atoms with Crippen molar-refractivity contribution < 1.29 is 17.9 Å². The van der Waals surface area contributed by atoms with E-state index < -0.39 is 9.84 Å². The molecule has 1 N–H and O–H groups in total. The highest BCUT2D eigenvalue weighted by molar-refractivity contribution is 7.91. The summed E-state index contributed by atoms with van der Waals surface area (Å²) < 4.78 is 29.8. The maximum absolute atomic E-state index is 12.7. The van der Waals surface area contributed by atoms with E-state index in [1.807, 2.05) is 31.2 Å². The number of aryl methyl sites for hydroxylation is 1. The van der Waals surface area contributed by atoms with Crippen LogP contribution in [-0.2, 0) is 23.0 Å². The lowest BCUT2D eigenvalue weighted by molar-refractivity contribution is 0.0951. The smallest absolute Gasteiger partial charge is 0.251 e. The number of nitrogens with one attached hydrogen (secondary N) is 1. The van der Waals surface area contributed by atoms with Crippen LogP contribution in [0, 0.1) is 6.92 Å². The number of ether oxygens (including phenoxy) is 1. The summed E-state index contributed by atoms with van der Waals surface area (Å²) in [5.74, 6) is 0.250. The molecule has 1 heterocycles. The summed E-state index contributed by atoms with van der Waals surface area (Å²) in [6.45, 7) is 4.30. The number of hydrogen-bond donors (Lipinski definition) is 1. The van der Waals surface area contributed by atoms with Gasteiger partial charge in [0, 0.05) is 12.1 Å². The Balaban J connectivity index is 1.43. The van der Waals surface area contributed by atoms with E-state index >= 15 is 0 Å². The summed E-state index contributed by atoms with van der Waals surface area (Å²) in [6, 6.07) is 19.8. The van der Waals surface area contributed by atoms with E-state index in [1.165, 1.54) is 11.9 Å². The van der Waals surface area contributed by atoms with Gasteiger partial charge in [-0.2, -0.15) is 0 Å². The van der Waals surface area contributed by atoms with E-state index in [9.17, 15) is 13.2 Å². The third-order valence-corrected chi connectivity index (χ3v) is 7.22. The zero-order valence-electron chi connectivity index (χ0n) is 19.0. The molecule has 1 aromatic heterocycles. The number of sulfone groups is 1. The van der Waals surface area contributed by atoms with Gasteiger partial charge in [-0.25, -0.2) is 18.4 Å². The SMILES string of the molecule is CCS(=O)(=O)c1ccc(CNC(=O)c2ccc3c(OCc4ccc(C)cc4)ncnc3c2)cc1. The molecule has 0 atom stereocenters. The summed E-state index contributed by atoms with van der Waals surface area (Å²) in [7, 11) is -3.25. The Bertz CT molecular complexity index is 1420. The molecule has 0 fully saturated rings. The summed E-state index contributed by atoms with van der Waals surface area (Å²) in [4.78, 5) is 21.5. The molecule has 1 amide bonds. The molecule has 0 saturated carbocycles. The van der Waals surface area contributed by atoms with E-state index in [1.54, 1.807) is 49.4 Å². The van der Waals surface area contributed by atoms with Crippen LogP contribution >= 0.6 is 0 Å². The first-order valence-corrected chi connectivity index (χ1v) is 12.5. The highest BCUT2D eigenvalue weighted by Gasteiger charge is 2.13. The van der Waals surface area contributed by atoms with Crippen molar-refractivity contribution >= 4 is 26.6 Å². The minimum absolute atomic E-state index is 0.0489. The molecule has 4 aromatic rings. The second-order valence-corrected chi connectivity index (χ2v) is 10.2. The molecule has 0 aliphatic rings. The van der Waals surface area contributed by atoms with Gasteiger partial charge in [-0.05, 0) is 48.4 Å². The summed E-state index contributed by atoms with van der Waals surface area (Å²) in [6.07, 6.45) is 1.42. The first kappa shape index (κ1) is 23.4. The number of hydrogen-bond acceptors (Lipinski definition) is 6. The molecule has 0 spiro atoms. The van der Waals surface area contributed by atoms with Crippen molar-refractivity contribution in [2.45, 2.75) is 31.9 Å². The highest BCUT2D eigenvalue weighted by Crippen LogP contribution is 2.23. The van der Waals surface area contributed by atoms with E-state index in [0.29, 0.717) is 23.6 Å². The van der Waals surface area contributed by atoms with E-state index in [0.717, 1.165) is 16.5 Å². The Morgan fingerprint density at radius 3 is 2.35 bits per heavy atom. The van der Waals surface area contributed by atoms with Gasteiger partial charge in [0.2, 0.25) is 5.88 Å². The van der Waals surface area contributed by atoms with Crippen LogP contribution in [0.2, 0.25) is 0 Å². The fourth-order valence-corrected chi connectivity index (χ4v) is 4.27. The van der Waals surface area contributed by atoms with Crippen LogP contribution in [0.1, 0.15) is 34.0 Å². The fraction of sp³-hybridized carbons (Fsp3) is 0.192. The zero-order chi connectivity index (χ0) is 24.1. The van der Waals surface area contributed by atoms with Gasteiger partial charge in [0.15, 0.2) is 9.84 Å². The van der Waals surface area contributed by atoms with Gasteiger partial charge in [0.05, 0.1) is 21.6 Å². The topological polar surface area (TPSA) is 98.2 Å². The number of fused-ring (bicyclic) bond motifs is 1. The van der Waals surface area contributed by atoms with Crippen LogP contribution in [0.25, 0.3) is 10.9 Å². The van der Waals surface area contributed by atoms with Gasteiger partial charge in [-0.1, -0.05) is 48.9 Å². The lowest BCUT2D eigenvalue weighted by Crippen LogP contribution is -2.22. The highest BCUT2D eigenvalue weighted by atomic mass is 32.2. The molecule has 7 nitrogen and oxygen atoms in total. The van der Waals surface area contributed by atoms with Gasteiger partial charge in [-0.15, -0.1) is 0 Å². The molecule has 34 heavy (non-hydrogen) atoms. The van der Waals surface area contributed by atoms with Gasteiger partial charge < -0.3 is 10.1 Å². The molecule has 0 bridgehead atoms. The number of benzene rings is 3. The number of rotatable bonds is 8. The van der Waals surface area contributed by atoms with Gasteiger partial charge in [0.25, 0.3) is 5.91 Å². The first-order chi connectivity index (χ1) is 16.4. The van der Waals surface area contributed by atoms with Crippen molar-refractivity contribution in [3.05, 3.63) is 95.3 Å². The maximum Gasteiger partial charge on any atom is 0.251 e. The fourth-order valence-electron chi connectivity index (χ4n) is 3.39. The predicted molar refractivity (Wildman–Crippen MR) is 130 cm³/mol. The maximum atomic E-state index is 12.7. The van der Waals surface area contributed by atoms with Crippen LogP contribution in [0.15, 0.2) is 78.0 Å². The van der Waals surface area contributed by atoms with Crippen molar-refractivity contribution in [3.63, 3.8) is 0 Å². The second-order valence-electron chi connectivity index (χ2n) is 7.92. The van der Waals surface area contributed by atoms with Crippen LogP contribution in [0.4, 0.5) is 0 Å². The molecule has 8 heteroatoms. The van der Waals surface area contributed by atoms with Crippen LogP contribution in [0.5, 0.6) is 5.88 Å². The third-order valence-electron chi connectivity index (χ3n) is 5.47. The Labute approximate surface area is 198 Å². The molecule has 4 rings (SSSR count). The number of nitrogens with zero attached hydrogens (tertiary/aromatic N) is 2. The monoisotopic (exact) mass is 475 g/mol. The molecule has 0 radical (unpaired) electrons. The Kier molecular flexibility index (Phi) is 6.88. The lowest BCUT2D eigenvalue weighted by atomic mass is 10.1. The normalized spacial score (nSPS) is 11.4. The first-order valence-electron chi connectivity index (χ1n) is 10.9.